The van der Waals surface area contributed by atoms with Crippen LogP contribution >= 0.6 is 0 Å². The molecule has 4 rings (SSSR count). The molecule has 2 unspecified atom stereocenters. The van der Waals surface area contributed by atoms with E-state index >= 15 is 0 Å². The number of halogens is 1. The number of carbonyl (C=O) groups excluding carboxylic acids is 1. The van der Waals surface area contributed by atoms with E-state index in [1.165, 1.54) is 18.9 Å². The molecule has 4 heteroatoms. The quantitative estimate of drug-likeness (QED) is 0.924. The molecule has 112 valence electrons. The minimum Gasteiger partial charge on any atom is -0.321 e. The third-order valence-electron chi connectivity index (χ3n) is 5.26. The second-order valence-corrected chi connectivity index (χ2v) is 6.92. The lowest BCUT2D eigenvalue weighted by atomic mass is 10.0. The number of amides is 1. The van der Waals surface area contributed by atoms with Crippen LogP contribution in [0.4, 0.5) is 4.39 Å². The van der Waals surface area contributed by atoms with Crippen molar-refractivity contribution in [1.82, 2.24) is 10.2 Å². The van der Waals surface area contributed by atoms with Crippen molar-refractivity contribution in [1.29, 1.82) is 0 Å². The van der Waals surface area contributed by atoms with Gasteiger partial charge >= 0.3 is 0 Å². The molecule has 3 nitrogen and oxygen atoms in total. The van der Waals surface area contributed by atoms with Gasteiger partial charge in [-0.05, 0) is 43.6 Å². The molecule has 2 atom stereocenters. The highest BCUT2D eigenvalue weighted by atomic mass is 19.1. The number of rotatable bonds is 4. The van der Waals surface area contributed by atoms with Gasteiger partial charge in [0.25, 0.3) is 0 Å². The molecule has 1 aromatic carbocycles. The van der Waals surface area contributed by atoms with Gasteiger partial charge in [0, 0.05) is 12.1 Å². The van der Waals surface area contributed by atoms with Crippen LogP contribution in [0.15, 0.2) is 24.3 Å². The average molecular weight is 288 g/mol. The Kier molecular flexibility index (Phi) is 2.86. The van der Waals surface area contributed by atoms with Crippen molar-refractivity contribution in [2.24, 2.45) is 11.8 Å². The summed E-state index contributed by atoms with van der Waals surface area (Å²) in [6.07, 6.45) is 4.00. The fourth-order valence-electron chi connectivity index (χ4n) is 3.53. The molecular formula is C17H21FN2O. The van der Waals surface area contributed by atoms with Crippen LogP contribution in [0.3, 0.4) is 0 Å². The van der Waals surface area contributed by atoms with Gasteiger partial charge in [0.05, 0.1) is 0 Å². The Morgan fingerprint density at radius 1 is 1.38 bits per heavy atom. The summed E-state index contributed by atoms with van der Waals surface area (Å²) in [5, 5.41) is 3.40. The van der Waals surface area contributed by atoms with Crippen LogP contribution in [-0.2, 0) is 4.79 Å². The first-order chi connectivity index (χ1) is 10.1. The third kappa shape index (κ3) is 2.16. The van der Waals surface area contributed by atoms with E-state index in [-0.39, 0.29) is 17.9 Å². The van der Waals surface area contributed by atoms with Gasteiger partial charge in [0.1, 0.15) is 17.5 Å². The topological polar surface area (TPSA) is 32.3 Å². The summed E-state index contributed by atoms with van der Waals surface area (Å²) in [7, 11) is 0. The monoisotopic (exact) mass is 288 g/mol. The first-order valence-corrected chi connectivity index (χ1v) is 7.94. The summed E-state index contributed by atoms with van der Waals surface area (Å²) < 4.78 is 14.1. The van der Waals surface area contributed by atoms with Crippen LogP contribution in [0.1, 0.15) is 44.3 Å². The molecule has 1 heterocycles. The van der Waals surface area contributed by atoms with Gasteiger partial charge in [-0.15, -0.1) is 0 Å². The summed E-state index contributed by atoms with van der Waals surface area (Å²) >= 11 is 0. The number of hydrogen-bond donors (Lipinski definition) is 1. The lowest BCUT2D eigenvalue weighted by Gasteiger charge is -2.27. The highest BCUT2D eigenvalue weighted by Gasteiger charge is 2.59. The van der Waals surface area contributed by atoms with Crippen LogP contribution in [0.5, 0.6) is 0 Å². The lowest BCUT2D eigenvalue weighted by Crippen LogP contribution is -2.36. The average Bonchev–Trinajstić information content (AvgIpc) is 3.36. The molecule has 1 spiro atoms. The number of hydrogen-bond acceptors (Lipinski definition) is 2. The Morgan fingerprint density at radius 2 is 2.10 bits per heavy atom. The minimum atomic E-state index is -0.393. The highest BCUT2D eigenvalue weighted by molar-refractivity contribution is 5.92. The molecule has 2 saturated carbocycles. The van der Waals surface area contributed by atoms with E-state index in [0.717, 1.165) is 25.3 Å². The molecule has 1 aliphatic heterocycles. The highest BCUT2D eigenvalue weighted by Crippen LogP contribution is 2.47. The number of benzene rings is 1. The van der Waals surface area contributed by atoms with Crippen molar-refractivity contribution in [3.05, 3.63) is 35.6 Å². The molecular weight excluding hydrogens is 267 g/mol. The summed E-state index contributed by atoms with van der Waals surface area (Å²) in [4.78, 5) is 14.6. The van der Waals surface area contributed by atoms with Crippen LogP contribution in [0, 0.1) is 17.7 Å². The maximum Gasteiger partial charge on any atom is 0.244 e. The standard InChI is InChI=1S/C17H21FN2O/c1-11(12-6-7-12)10-20-15(13-4-2-3-5-14(13)18)19-17(8-9-17)16(20)21/h2-5,11-12,15,19H,6-10H2,1H3. The van der Waals surface area contributed by atoms with E-state index in [1.54, 1.807) is 12.1 Å². The van der Waals surface area contributed by atoms with Crippen LogP contribution < -0.4 is 5.32 Å². The number of nitrogens with one attached hydrogen (secondary N) is 1. The zero-order valence-electron chi connectivity index (χ0n) is 12.3. The van der Waals surface area contributed by atoms with Gasteiger partial charge < -0.3 is 4.90 Å². The smallest absolute Gasteiger partial charge is 0.244 e. The van der Waals surface area contributed by atoms with Crippen molar-refractivity contribution in [3.63, 3.8) is 0 Å². The van der Waals surface area contributed by atoms with E-state index in [1.807, 2.05) is 11.0 Å². The normalized spacial score (nSPS) is 28.2. The first-order valence-electron chi connectivity index (χ1n) is 7.94. The van der Waals surface area contributed by atoms with Crippen LogP contribution in [0.25, 0.3) is 0 Å². The first kappa shape index (κ1) is 13.3. The van der Waals surface area contributed by atoms with Gasteiger partial charge in [-0.1, -0.05) is 25.1 Å². The largest absolute Gasteiger partial charge is 0.321 e. The lowest BCUT2D eigenvalue weighted by molar-refractivity contribution is -0.131. The summed E-state index contributed by atoms with van der Waals surface area (Å²) in [6, 6.07) is 6.79. The fourth-order valence-corrected chi connectivity index (χ4v) is 3.53. The Balaban J connectivity index is 1.63. The second-order valence-electron chi connectivity index (χ2n) is 6.92. The van der Waals surface area contributed by atoms with E-state index in [4.69, 9.17) is 0 Å². The van der Waals surface area contributed by atoms with Gasteiger partial charge in [0.2, 0.25) is 5.91 Å². The van der Waals surface area contributed by atoms with Crippen molar-refractivity contribution in [3.8, 4) is 0 Å². The van der Waals surface area contributed by atoms with Crippen LogP contribution in [-0.4, -0.2) is 22.9 Å². The molecule has 3 fully saturated rings. The third-order valence-corrected chi connectivity index (χ3v) is 5.26. The fraction of sp³-hybridized carbons (Fsp3) is 0.588. The van der Waals surface area contributed by atoms with E-state index in [0.29, 0.717) is 11.5 Å². The predicted molar refractivity (Wildman–Crippen MR) is 77.8 cm³/mol. The Labute approximate surface area is 124 Å². The van der Waals surface area contributed by atoms with Gasteiger partial charge in [0.15, 0.2) is 0 Å². The molecule has 1 saturated heterocycles. The number of carbonyl (C=O) groups is 1. The molecule has 21 heavy (non-hydrogen) atoms. The Bertz CT molecular complexity index is 580. The molecule has 0 bridgehead atoms. The van der Waals surface area contributed by atoms with Crippen LogP contribution in [0.2, 0.25) is 0 Å². The molecule has 2 aliphatic carbocycles. The van der Waals surface area contributed by atoms with Crippen molar-refractivity contribution in [2.75, 3.05) is 6.54 Å². The van der Waals surface area contributed by atoms with Gasteiger partial charge in [-0.25, -0.2) is 4.39 Å². The van der Waals surface area contributed by atoms with E-state index < -0.39 is 5.54 Å². The molecule has 1 aromatic rings. The Morgan fingerprint density at radius 3 is 2.71 bits per heavy atom. The van der Waals surface area contributed by atoms with Gasteiger partial charge in [-0.3, -0.25) is 10.1 Å². The second kappa shape index (κ2) is 4.54. The van der Waals surface area contributed by atoms with Crippen molar-refractivity contribution in [2.45, 2.75) is 44.3 Å². The molecule has 1 amide bonds. The van der Waals surface area contributed by atoms with Crippen molar-refractivity contribution >= 4 is 5.91 Å². The predicted octanol–water partition coefficient (Wildman–Crippen LogP) is 2.83. The van der Waals surface area contributed by atoms with Crippen molar-refractivity contribution < 1.29 is 9.18 Å². The zero-order valence-corrected chi connectivity index (χ0v) is 12.3. The van der Waals surface area contributed by atoms with E-state index in [2.05, 4.69) is 12.2 Å². The Hall–Kier alpha value is -1.42. The molecule has 0 aromatic heterocycles. The zero-order chi connectivity index (χ0) is 14.6. The van der Waals surface area contributed by atoms with Gasteiger partial charge in [-0.2, -0.15) is 0 Å². The SMILES string of the molecule is CC(CN1C(=O)C2(CC2)NC1c1ccccc1F)C1CC1. The molecule has 1 N–H and O–H groups in total. The molecule has 0 radical (unpaired) electrons. The number of nitrogens with zero attached hydrogens (tertiary/aromatic N) is 1. The summed E-state index contributed by atoms with van der Waals surface area (Å²) in [5.74, 6) is 1.18. The summed E-state index contributed by atoms with van der Waals surface area (Å²) in [6.45, 7) is 2.94. The maximum atomic E-state index is 14.1. The van der Waals surface area contributed by atoms with E-state index in [9.17, 15) is 9.18 Å². The maximum absolute atomic E-state index is 14.1. The summed E-state index contributed by atoms with van der Waals surface area (Å²) in [5.41, 5.74) is 0.202. The minimum absolute atomic E-state index is 0.170. The molecule has 3 aliphatic rings.